The zero-order valence-electron chi connectivity index (χ0n) is 21.1. The van der Waals surface area contributed by atoms with Crippen LogP contribution in [0.25, 0.3) is 0 Å². The molecule has 2 N–H and O–H groups in total. The molecule has 0 radical (unpaired) electrons. The van der Waals surface area contributed by atoms with E-state index in [-0.39, 0.29) is 24.2 Å². The topological polar surface area (TPSA) is 126 Å². The Morgan fingerprint density at radius 2 is 1.86 bits per heavy atom. The third-order valence-corrected chi connectivity index (χ3v) is 10.5. The number of amides is 2. The highest BCUT2D eigenvalue weighted by molar-refractivity contribution is 6.01. The highest BCUT2D eigenvalue weighted by atomic mass is 16.7. The van der Waals surface area contributed by atoms with Crippen molar-refractivity contribution < 1.29 is 34.3 Å². The van der Waals surface area contributed by atoms with Crippen LogP contribution in [-0.2, 0) is 24.1 Å². The molecule has 0 unspecified atom stereocenters. The van der Waals surface area contributed by atoms with Crippen LogP contribution in [0.1, 0.15) is 78.1 Å². The Morgan fingerprint density at radius 1 is 1.14 bits per heavy atom. The van der Waals surface area contributed by atoms with E-state index in [2.05, 4.69) is 24.9 Å². The van der Waals surface area contributed by atoms with Gasteiger partial charge >= 0.3 is 5.97 Å². The molecule has 5 rings (SSSR count). The van der Waals surface area contributed by atoms with Crippen LogP contribution in [-0.4, -0.2) is 57.1 Å². The maximum Gasteiger partial charge on any atom is 0.373 e. The average Bonchev–Trinajstić information content (AvgIpc) is 3.27. The maximum absolute atomic E-state index is 12.0. The van der Waals surface area contributed by atoms with E-state index in [1.54, 1.807) is 0 Å². The Labute approximate surface area is 211 Å². The fourth-order valence-corrected chi connectivity index (χ4v) is 8.39. The number of rotatable bonds is 4. The van der Waals surface area contributed by atoms with Gasteiger partial charge in [0.05, 0.1) is 11.8 Å². The number of hydrogen-bond acceptors (Lipinski definition) is 8. The Kier molecular flexibility index (Phi) is 6.19. The van der Waals surface area contributed by atoms with Gasteiger partial charge in [0.2, 0.25) is 6.61 Å². The van der Waals surface area contributed by atoms with Gasteiger partial charge in [0.25, 0.3) is 11.8 Å². The van der Waals surface area contributed by atoms with Gasteiger partial charge in [0.1, 0.15) is 0 Å². The van der Waals surface area contributed by atoms with Crippen LogP contribution >= 0.6 is 0 Å². The molecule has 9 heteroatoms. The van der Waals surface area contributed by atoms with Crippen molar-refractivity contribution in [3.63, 3.8) is 0 Å². The van der Waals surface area contributed by atoms with E-state index in [4.69, 9.17) is 16.1 Å². The van der Waals surface area contributed by atoms with Crippen LogP contribution in [0, 0.1) is 46.8 Å². The first-order valence-electron chi connectivity index (χ1n) is 13.2. The summed E-state index contributed by atoms with van der Waals surface area (Å²) < 4.78 is 0. The summed E-state index contributed by atoms with van der Waals surface area (Å²) in [6.45, 7) is 3.99. The zero-order valence-corrected chi connectivity index (χ0v) is 21.1. The molecule has 2 amide bonds. The number of hydroxylamine groups is 2. The SMILES string of the molecule is C#C[C@]1(O)[C@@H](O)C[C@H]2[C@@H]3CC[C@H]4C/C(=N/OCC(=O)ON5C(=O)CCC5=O)CC[C@]4(C)[C@H]3CC[C@@]21C. The Morgan fingerprint density at radius 3 is 2.56 bits per heavy atom. The highest BCUT2D eigenvalue weighted by Gasteiger charge is 2.67. The van der Waals surface area contributed by atoms with Crippen molar-refractivity contribution in [2.75, 3.05) is 6.61 Å². The first kappa shape index (κ1) is 25.2. The Hall–Kier alpha value is -2.44. The molecule has 0 aromatic heterocycles. The van der Waals surface area contributed by atoms with Gasteiger partial charge in [-0.3, -0.25) is 9.59 Å². The number of terminal acetylenes is 1. The lowest BCUT2D eigenvalue weighted by molar-refractivity contribution is -0.200. The molecular weight excluding hydrogens is 464 g/mol. The largest absolute Gasteiger partial charge is 0.389 e. The molecule has 1 aliphatic heterocycles. The van der Waals surface area contributed by atoms with Crippen LogP contribution in [0.15, 0.2) is 5.16 Å². The lowest BCUT2D eigenvalue weighted by Gasteiger charge is -2.60. The van der Waals surface area contributed by atoms with Crippen molar-refractivity contribution in [3.05, 3.63) is 0 Å². The summed E-state index contributed by atoms with van der Waals surface area (Å²) in [5.41, 5.74) is -0.864. The van der Waals surface area contributed by atoms with E-state index in [1.165, 1.54) is 0 Å². The quantitative estimate of drug-likeness (QED) is 0.345. The summed E-state index contributed by atoms with van der Waals surface area (Å²) in [5, 5.41) is 26.6. The molecule has 36 heavy (non-hydrogen) atoms. The molecule has 0 aromatic carbocycles. The molecule has 4 aliphatic carbocycles. The van der Waals surface area contributed by atoms with Crippen LogP contribution in [0.4, 0.5) is 0 Å². The smallest absolute Gasteiger partial charge is 0.373 e. The summed E-state index contributed by atoms with van der Waals surface area (Å²) >= 11 is 0. The molecule has 4 saturated carbocycles. The highest BCUT2D eigenvalue weighted by Crippen LogP contribution is 2.68. The van der Waals surface area contributed by atoms with Gasteiger partial charge in [-0.05, 0) is 80.5 Å². The third-order valence-electron chi connectivity index (χ3n) is 10.5. The molecule has 196 valence electrons. The molecule has 5 fully saturated rings. The summed E-state index contributed by atoms with van der Waals surface area (Å²) in [4.78, 5) is 45.2. The number of hydrogen-bond donors (Lipinski definition) is 2. The Balaban J connectivity index is 1.20. The van der Waals surface area contributed by atoms with Gasteiger partial charge in [0, 0.05) is 18.3 Å². The molecule has 1 heterocycles. The van der Waals surface area contributed by atoms with Gasteiger partial charge < -0.3 is 19.9 Å². The minimum absolute atomic E-state index is 0.0443. The number of aliphatic hydroxyl groups excluding tert-OH is 1. The third kappa shape index (κ3) is 3.67. The van der Waals surface area contributed by atoms with Gasteiger partial charge in [-0.1, -0.05) is 24.9 Å². The molecule has 0 aromatic rings. The van der Waals surface area contributed by atoms with Crippen molar-refractivity contribution in [2.45, 2.75) is 89.8 Å². The molecule has 9 nitrogen and oxygen atoms in total. The van der Waals surface area contributed by atoms with Crippen molar-refractivity contribution in [2.24, 2.45) is 39.7 Å². The van der Waals surface area contributed by atoms with E-state index >= 15 is 0 Å². The van der Waals surface area contributed by atoms with Crippen molar-refractivity contribution >= 4 is 23.5 Å². The molecule has 0 spiro atoms. The Bertz CT molecular complexity index is 1020. The molecular formula is C27H36N2O7. The first-order chi connectivity index (χ1) is 17.0. The minimum Gasteiger partial charge on any atom is -0.389 e. The van der Waals surface area contributed by atoms with Gasteiger partial charge in [-0.15, -0.1) is 11.5 Å². The number of carbonyl (C=O) groups is 3. The second-order valence-electron chi connectivity index (χ2n) is 12.0. The molecule has 8 atom stereocenters. The van der Waals surface area contributed by atoms with Gasteiger partial charge in [-0.25, -0.2) is 4.79 Å². The lowest BCUT2D eigenvalue weighted by atomic mass is 9.44. The van der Waals surface area contributed by atoms with E-state index in [0.717, 1.165) is 50.7 Å². The number of fused-ring (bicyclic) bond motifs is 5. The molecule has 0 bridgehead atoms. The minimum atomic E-state index is -1.46. The predicted octanol–water partition coefficient (Wildman–Crippen LogP) is 2.34. The zero-order chi connectivity index (χ0) is 25.9. The number of imide groups is 1. The van der Waals surface area contributed by atoms with Crippen LogP contribution in [0.5, 0.6) is 0 Å². The summed E-state index contributed by atoms with van der Waals surface area (Å²) in [6.07, 6.45) is 11.9. The second-order valence-corrected chi connectivity index (χ2v) is 12.0. The van der Waals surface area contributed by atoms with Gasteiger partial charge in [-0.2, -0.15) is 0 Å². The van der Waals surface area contributed by atoms with Crippen molar-refractivity contribution in [3.8, 4) is 12.3 Å². The number of oxime groups is 1. The second kappa shape index (κ2) is 8.84. The summed E-state index contributed by atoms with van der Waals surface area (Å²) in [6, 6.07) is 0. The van der Waals surface area contributed by atoms with Crippen LogP contribution in [0.3, 0.4) is 0 Å². The van der Waals surface area contributed by atoms with Gasteiger partial charge in [0.15, 0.2) is 5.60 Å². The fraction of sp³-hybridized carbons (Fsp3) is 0.778. The van der Waals surface area contributed by atoms with E-state index in [1.807, 2.05) is 0 Å². The maximum atomic E-state index is 12.0. The average molecular weight is 501 g/mol. The molecule has 5 aliphatic rings. The van der Waals surface area contributed by atoms with Crippen molar-refractivity contribution in [1.29, 1.82) is 0 Å². The van der Waals surface area contributed by atoms with E-state index in [0.29, 0.717) is 29.2 Å². The number of aliphatic hydroxyl groups is 2. The van der Waals surface area contributed by atoms with Crippen molar-refractivity contribution in [1.82, 2.24) is 5.06 Å². The van der Waals surface area contributed by atoms with E-state index < -0.39 is 41.5 Å². The summed E-state index contributed by atoms with van der Waals surface area (Å²) in [7, 11) is 0. The van der Waals surface area contributed by atoms with Crippen LogP contribution in [0.2, 0.25) is 0 Å². The lowest BCUT2D eigenvalue weighted by Crippen LogP contribution is -2.57. The number of nitrogens with zero attached hydrogens (tertiary/aromatic N) is 2. The fourth-order valence-electron chi connectivity index (χ4n) is 8.39. The standard InChI is InChI=1S/C27H36N2O7/c1-4-27(34)21(30)14-20-18-6-5-16-13-17(9-11-25(16,2)19(18)10-12-26(20,27)3)28-35-15-24(33)36-29-22(31)7-8-23(29)32/h1,16,18-21,30,34H,5-15H2,2-3H3/b28-17+/t16-,18+,19-,20-,21-,25-,26-,27-/m0/s1. The predicted molar refractivity (Wildman–Crippen MR) is 127 cm³/mol. The van der Waals surface area contributed by atoms with E-state index in [9.17, 15) is 24.6 Å². The van der Waals surface area contributed by atoms with Crippen LogP contribution < -0.4 is 0 Å². The summed E-state index contributed by atoms with van der Waals surface area (Å²) in [5.74, 6) is 2.27. The first-order valence-corrected chi connectivity index (χ1v) is 13.2. The molecule has 1 saturated heterocycles. The monoisotopic (exact) mass is 500 g/mol. The normalized spacial score (nSPS) is 45.0. The number of carbonyl (C=O) groups excluding carboxylic acids is 3.